The Morgan fingerprint density at radius 1 is 0.448 bits per heavy atom. The highest BCUT2D eigenvalue weighted by Gasteiger charge is 2.57. The Morgan fingerprint density at radius 2 is 0.914 bits per heavy atom. The molecule has 1 amide bonds. The summed E-state index contributed by atoms with van der Waals surface area (Å²) in [7, 11) is 0. The topological polar surface area (TPSA) is 416 Å². The third kappa shape index (κ3) is 9.75. The van der Waals surface area contributed by atoms with Crippen LogP contribution in [0.15, 0.2) is 0 Å². The normalized spacial score (nSPS) is 51.6. The molecule has 0 aromatic carbocycles. The summed E-state index contributed by atoms with van der Waals surface area (Å²) in [4.78, 5) is 12.4. The maximum absolute atomic E-state index is 12.4. The first-order chi connectivity index (χ1) is 27.4. The lowest BCUT2D eigenvalue weighted by atomic mass is 9.94. The molecule has 5 heterocycles. The minimum Gasteiger partial charge on any atom is -0.394 e. The summed E-state index contributed by atoms with van der Waals surface area (Å²) in [6.45, 7) is -1.30. The first kappa shape index (κ1) is 47.6. The van der Waals surface area contributed by atoms with Crippen molar-refractivity contribution in [3.8, 4) is 0 Å². The second kappa shape index (κ2) is 20.1. The Balaban J connectivity index is 1.38. The number of hydrogen-bond acceptors (Lipinski definition) is 25. The molecular weight excluding hydrogens is 798 g/mol. The second-order valence-electron chi connectivity index (χ2n) is 14.7. The largest absolute Gasteiger partial charge is 0.394 e. The van der Waals surface area contributed by atoms with E-state index in [1.165, 1.54) is 6.92 Å². The number of carbonyl (C=O) groups excluding carboxylic acids is 1. The van der Waals surface area contributed by atoms with Crippen molar-refractivity contribution in [3.63, 3.8) is 0 Å². The van der Waals surface area contributed by atoms with Crippen LogP contribution in [0.25, 0.3) is 0 Å². The van der Waals surface area contributed by atoms with E-state index in [0.29, 0.717) is 0 Å². The fourth-order valence-corrected chi connectivity index (χ4v) is 7.36. The molecule has 5 aliphatic rings. The summed E-state index contributed by atoms with van der Waals surface area (Å²) in [5, 5.41) is 160. The smallest absolute Gasteiger partial charge is 0.217 e. The molecule has 338 valence electrons. The lowest BCUT2D eigenvalue weighted by Gasteiger charge is -2.50. The van der Waals surface area contributed by atoms with Gasteiger partial charge in [0.2, 0.25) is 5.91 Å². The van der Waals surface area contributed by atoms with Crippen LogP contribution in [-0.4, -0.2) is 262 Å². The van der Waals surface area contributed by atoms with Crippen LogP contribution < -0.4 is 5.32 Å². The standard InChI is InChI=1S/C32H55NO25/c1-7-14(39)18(43)22(47)30(50-7)58-27-19(44)15(40)9(3-34)53-32(27)56-24-12(6-37)54-29(13(17(24)42)33-8(2)38)57-26-16(41)10(4-35)52-31(23(26)48)55-25-11(5-36)51-28(49)21(46)20(25)45/h7,9-32,34-37,39-49H,3-6H2,1-2H3,(H,33,38)/t7-,9-,10-,11-,12-,13-,14+,15+,16+,17-,18+,19+,20-,21-,22-,23-,24-,25-,26+,27-,28?,29+,30-,31+,32+/m1/s1. The molecule has 26 heteroatoms. The van der Waals surface area contributed by atoms with Crippen molar-refractivity contribution in [1.29, 1.82) is 0 Å². The van der Waals surface area contributed by atoms with E-state index in [1.54, 1.807) is 0 Å². The molecule has 58 heavy (non-hydrogen) atoms. The van der Waals surface area contributed by atoms with Gasteiger partial charge in [0.25, 0.3) is 0 Å². The van der Waals surface area contributed by atoms with Gasteiger partial charge >= 0.3 is 0 Å². The molecule has 0 radical (unpaired) electrons. The molecule has 5 fully saturated rings. The molecule has 0 aromatic heterocycles. The fraction of sp³-hybridized carbons (Fsp3) is 0.969. The van der Waals surface area contributed by atoms with E-state index in [-0.39, 0.29) is 0 Å². The highest BCUT2D eigenvalue weighted by molar-refractivity contribution is 5.73. The van der Waals surface area contributed by atoms with Crippen LogP contribution in [-0.2, 0) is 47.4 Å². The van der Waals surface area contributed by atoms with Crippen LogP contribution in [0.2, 0.25) is 0 Å². The summed E-state index contributed by atoms with van der Waals surface area (Å²) in [5.41, 5.74) is 0. The third-order valence-electron chi connectivity index (χ3n) is 10.7. The zero-order valence-electron chi connectivity index (χ0n) is 31.1. The number of rotatable bonds is 13. The molecule has 5 saturated heterocycles. The molecule has 0 aliphatic carbocycles. The Morgan fingerprint density at radius 3 is 1.52 bits per heavy atom. The third-order valence-corrected chi connectivity index (χ3v) is 10.7. The van der Waals surface area contributed by atoms with E-state index >= 15 is 0 Å². The minimum atomic E-state index is -2.08. The van der Waals surface area contributed by atoms with Crippen molar-refractivity contribution in [2.24, 2.45) is 0 Å². The lowest BCUT2D eigenvalue weighted by Crippen LogP contribution is -2.70. The monoisotopic (exact) mass is 853 g/mol. The Kier molecular flexibility index (Phi) is 16.5. The van der Waals surface area contributed by atoms with Crippen LogP contribution >= 0.6 is 0 Å². The van der Waals surface area contributed by atoms with Gasteiger partial charge in [0.05, 0.1) is 32.5 Å². The zero-order chi connectivity index (χ0) is 42.9. The van der Waals surface area contributed by atoms with Crippen molar-refractivity contribution in [2.75, 3.05) is 26.4 Å². The minimum absolute atomic E-state index is 0.806. The lowest BCUT2D eigenvalue weighted by molar-refractivity contribution is -0.391. The zero-order valence-corrected chi connectivity index (χ0v) is 31.1. The molecule has 16 N–H and O–H groups in total. The Bertz CT molecular complexity index is 1310. The maximum Gasteiger partial charge on any atom is 0.217 e. The van der Waals surface area contributed by atoms with Crippen LogP contribution in [0.3, 0.4) is 0 Å². The summed E-state index contributed by atoms with van der Waals surface area (Å²) >= 11 is 0. The van der Waals surface area contributed by atoms with Gasteiger partial charge in [-0.2, -0.15) is 0 Å². The van der Waals surface area contributed by atoms with Gasteiger partial charge < -0.3 is 125 Å². The van der Waals surface area contributed by atoms with Crippen LogP contribution in [0.4, 0.5) is 0 Å². The number of aliphatic hydroxyl groups is 15. The van der Waals surface area contributed by atoms with E-state index in [4.69, 9.17) is 42.6 Å². The molecule has 5 rings (SSSR count). The molecule has 25 atom stereocenters. The molecule has 26 nitrogen and oxygen atoms in total. The van der Waals surface area contributed by atoms with Gasteiger partial charge in [-0.1, -0.05) is 0 Å². The van der Waals surface area contributed by atoms with Gasteiger partial charge in [-0.3, -0.25) is 4.79 Å². The molecule has 0 saturated carbocycles. The molecular formula is C32H55NO25. The molecule has 5 aliphatic heterocycles. The Hall–Kier alpha value is -1.49. The first-order valence-electron chi connectivity index (χ1n) is 18.5. The maximum atomic E-state index is 12.4. The average molecular weight is 854 g/mol. The van der Waals surface area contributed by atoms with Gasteiger partial charge in [-0.05, 0) is 6.92 Å². The quantitative estimate of drug-likeness (QED) is 0.0818. The SMILES string of the molecule is CC(=O)N[C@H]1[C@H](O[C@H]2[C@@H](O)[C@@H](CO)O[C@@H](O[C@H]3[C@H](O)[C@@H](O)C(O)O[C@@H]3CO)[C@@H]2O)O[C@H](CO)[C@@H](O[C@@H]2O[C@H](CO)[C@H](O)[C@H](O)[C@H]2O[C@H]2O[C@H](C)[C@H](O)[C@H](O)[C@H]2O)[C@@H]1O. The number of carbonyl (C=O) groups is 1. The molecule has 1 unspecified atom stereocenters. The fourth-order valence-electron chi connectivity index (χ4n) is 7.36. The molecule has 0 aromatic rings. The first-order valence-corrected chi connectivity index (χ1v) is 18.5. The summed E-state index contributed by atoms with van der Waals surface area (Å²) < 4.78 is 50.6. The number of hydrogen-bond donors (Lipinski definition) is 16. The molecule has 0 bridgehead atoms. The van der Waals surface area contributed by atoms with Crippen LogP contribution in [0, 0.1) is 0 Å². The van der Waals surface area contributed by atoms with Crippen molar-refractivity contribution < 1.29 is 124 Å². The van der Waals surface area contributed by atoms with Gasteiger partial charge in [-0.25, -0.2) is 0 Å². The van der Waals surface area contributed by atoms with Crippen molar-refractivity contribution >= 4 is 5.91 Å². The van der Waals surface area contributed by atoms with Gasteiger partial charge in [-0.15, -0.1) is 0 Å². The van der Waals surface area contributed by atoms with E-state index < -0.39 is 186 Å². The number of nitrogens with one attached hydrogen (secondary N) is 1. The number of aliphatic hydroxyl groups excluding tert-OH is 15. The average Bonchev–Trinajstić information content (AvgIpc) is 3.19. The number of ether oxygens (including phenoxy) is 9. The second-order valence-corrected chi connectivity index (χ2v) is 14.7. The summed E-state index contributed by atoms with van der Waals surface area (Å²) in [6.07, 6.45) is -43.0. The van der Waals surface area contributed by atoms with E-state index in [0.717, 1.165) is 6.92 Å². The van der Waals surface area contributed by atoms with E-state index in [1.807, 2.05) is 0 Å². The van der Waals surface area contributed by atoms with Crippen molar-refractivity contribution in [3.05, 3.63) is 0 Å². The highest BCUT2D eigenvalue weighted by Crippen LogP contribution is 2.36. The van der Waals surface area contributed by atoms with E-state index in [9.17, 15) is 81.4 Å². The Labute approximate surface area is 329 Å². The van der Waals surface area contributed by atoms with Crippen LogP contribution in [0.5, 0.6) is 0 Å². The van der Waals surface area contributed by atoms with Crippen molar-refractivity contribution in [2.45, 2.75) is 167 Å². The highest BCUT2D eigenvalue weighted by atomic mass is 16.8. The van der Waals surface area contributed by atoms with Gasteiger partial charge in [0.15, 0.2) is 31.5 Å². The summed E-state index contributed by atoms with van der Waals surface area (Å²) in [6, 6.07) is -1.71. The number of amides is 1. The summed E-state index contributed by atoms with van der Waals surface area (Å²) in [5.74, 6) is -0.806. The molecule has 0 spiro atoms. The predicted octanol–water partition coefficient (Wildman–Crippen LogP) is -10.8. The van der Waals surface area contributed by atoms with Crippen LogP contribution in [0.1, 0.15) is 13.8 Å². The van der Waals surface area contributed by atoms with Crippen molar-refractivity contribution in [1.82, 2.24) is 5.32 Å². The predicted molar refractivity (Wildman–Crippen MR) is 177 cm³/mol. The van der Waals surface area contributed by atoms with Gasteiger partial charge in [0, 0.05) is 6.92 Å². The van der Waals surface area contributed by atoms with Gasteiger partial charge in [0.1, 0.15) is 116 Å². The van der Waals surface area contributed by atoms with E-state index in [2.05, 4.69) is 5.32 Å².